The molecular weight excluding hydrogens is 391 g/mol. The molecule has 5 nitrogen and oxygen atoms in total. The van der Waals surface area contributed by atoms with E-state index in [0.717, 1.165) is 31.5 Å². The van der Waals surface area contributed by atoms with Crippen LogP contribution in [0.2, 0.25) is 0 Å². The minimum atomic E-state index is -0.205. The van der Waals surface area contributed by atoms with Crippen LogP contribution in [0.1, 0.15) is 24.8 Å². The number of amides is 1. The van der Waals surface area contributed by atoms with Gasteiger partial charge in [0.15, 0.2) is 5.96 Å². The number of carbonyl (C=O) groups is 1. The lowest BCUT2D eigenvalue weighted by Crippen LogP contribution is -2.41. The number of aliphatic imine (C=N–C) groups is 1. The molecule has 1 heterocycles. The summed E-state index contributed by atoms with van der Waals surface area (Å²) in [5.41, 5.74) is 7.30. The second-order valence-electron chi connectivity index (χ2n) is 5.00. The number of terminal acetylenes is 1. The molecule has 0 spiro atoms. The summed E-state index contributed by atoms with van der Waals surface area (Å²) in [6.07, 6.45) is 8.81. The average Bonchev–Trinajstić information content (AvgIpc) is 2.53. The minimum Gasteiger partial charge on any atom is -0.370 e. The van der Waals surface area contributed by atoms with Gasteiger partial charge in [0.2, 0.25) is 5.91 Å². The van der Waals surface area contributed by atoms with Crippen molar-refractivity contribution in [3.05, 3.63) is 29.8 Å². The molecule has 22 heavy (non-hydrogen) atoms. The van der Waals surface area contributed by atoms with Gasteiger partial charge >= 0.3 is 0 Å². The van der Waals surface area contributed by atoms with Gasteiger partial charge in [-0.25, -0.2) is 4.99 Å². The van der Waals surface area contributed by atoms with Gasteiger partial charge in [0.1, 0.15) is 6.54 Å². The summed E-state index contributed by atoms with van der Waals surface area (Å²) in [5.74, 6) is 2.77. The first-order valence-electron chi connectivity index (χ1n) is 7.10. The number of likely N-dealkylation sites (tertiary alicyclic amines) is 1. The summed E-state index contributed by atoms with van der Waals surface area (Å²) in [4.78, 5) is 18.0. The summed E-state index contributed by atoms with van der Waals surface area (Å²) in [5, 5.41) is 2.76. The molecule has 6 heteroatoms. The zero-order valence-corrected chi connectivity index (χ0v) is 14.7. The van der Waals surface area contributed by atoms with Crippen molar-refractivity contribution >= 4 is 41.5 Å². The average molecular weight is 412 g/mol. The Hall–Kier alpha value is -1.75. The molecule has 1 aromatic rings. The molecule has 1 amide bonds. The first kappa shape index (κ1) is 18.3. The molecule has 0 saturated carbocycles. The number of hydrogen-bond donors (Lipinski definition) is 2. The summed E-state index contributed by atoms with van der Waals surface area (Å²) < 4.78 is 0. The van der Waals surface area contributed by atoms with E-state index in [1.807, 2.05) is 11.0 Å². The Balaban J connectivity index is 0.00000242. The molecule has 1 fully saturated rings. The van der Waals surface area contributed by atoms with E-state index in [4.69, 9.17) is 12.2 Å². The van der Waals surface area contributed by atoms with Gasteiger partial charge in [-0.2, -0.15) is 0 Å². The molecule has 1 aliphatic heterocycles. The van der Waals surface area contributed by atoms with Gasteiger partial charge < -0.3 is 16.0 Å². The fourth-order valence-electron chi connectivity index (χ4n) is 2.26. The number of guanidine groups is 1. The smallest absolute Gasteiger partial charge is 0.246 e. The van der Waals surface area contributed by atoms with E-state index in [-0.39, 0.29) is 36.4 Å². The Morgan fingerprint density at radius 1 is 1.36 bits per heavy atom. The van der Waals surface area contributed by atoms with Gasteiger partial charge in [0.25, 0.3) is 0 Å². The molecule has 1 aliphatic rings. The molecule has 3 N–H and O–H groups in total. The molecule has 1 saturated heterocycles. The second kappa shape index (κ2) is 9.30. The number of nitrogens with one attached hydrogen (secondary N) is 1. The van der Waals surface area contributed by atoms with Crippen molar-refractivity contribution in [2.24, 2.45) is 10.7 Å². The van der Waals surface area contributed by atoms with Crippen LogP contribution >= 0.6 is 24.0 Å². The summed E-state index contributed by atoms with van der Waals surface area (Å²) in [6.45, 7) is 1.85. The number of piperidine rings is 1. The quantitative estimate of drug-likeness (QED) is 0.346. The third-order valence-electron chi connectivity index (χ3n) is 3.38. The van der Waals surface area contributed by atoms with Crippen LogP contribution in [0.4, 0.5) is 5.69 Å². The molecule has 0 atom stereocenters. The Labute approximate surface area is 148 Å². The van der Waals surface area contributed by atoms with Crippen molar-refractivity contribution in [1.29, 1.82) is 0 Å². The zero-order valence-electron chi connectivity index (χ0n) is 12.4. The zero-order chi connectivity index (χ0) is 15.1. The van der Waals surface area contributed by atoms with Crippen LogP contribution in [0.5, 0.6) is 0 Å². The lowest BCUT2D eigenvalue weighted by atomic mass is 10.1. The molecule has 1 aromatic carbocycles. The topological polar surface area (TPSA) is 70.7 Å². The largest absolute Gasteiger partial charge is 0.370 e. The fourth-order valence-corrected chi connectivity index (χ4v) is 2.26. The van der Waals surface area contributed by atoms with E-state index in [1.165, 1.54) is 6.42 Å². The number of carbonyl (C=O) groups excluding carboxylic acids is 1. The van der Waals surface area contributed by atoms with Crippen molar-refractivity contribution in [2.75, 3.05) is 25.0 Å². The van der Waals surface area contributed by atoms with Crippen molar-refractivity contribution < 1.29 is 4.79 Å². The molecule has 0 unspecified atom stereocenters. The van der Waals surface area contributed by atoms with Gasteiger partial charge in [-0.1, -0.05) is 12.0 Å². The Kier molecular flexibility index (Phi) is 7.74. The number of rotatable bonds is 3. The van der Waals surface area contributed by atoms with Crippen LogP contribution < -0.4 is 11.1 Å². The standard InChI is InChI=1S/C16H20N4O.HI/c1-2-13-7-6-8-14(11-13)19-15(21)12-18-16(17)20-9-4-3-5-10-20;/h1,6-8,11H,3-5,9-10,12H2,(H2,17,18)(H,19,21);1H. The van der Waals surface area contributed by atoms with Crippen LogP contribution in [-0.4, -0.2) is 36.4 Å². The van der Waals surface area contributed by atoms with Crippen molar-refractivity contribution in [3.63, 3.8) is 0 Å². The Bertz CT molecular complexity index is 574. The first-order valence-corrected chi connectivity index (χ1v) is 7.10. The van der Waals surface area contributed by atoms with Crippen LogP contribution in [0.15, 0.2) is 29.3 Å². The van der Waals surface area contributed by atoms with Crippen LogP contribution in [0.25, 0.3) is 0 Å². The number of hydrogen-bond acceptors (Lipinski definition) is 2. The predicted molar refractivity (Wildman–Crippen MR) is 100 cm³/mol. The first-order chi connectivity index (χ1) is 10.2. The highest BCUT2D eigenvalue weighted by molar-refractivity contribution is 14.0. The Morgan fingerprint density at radius 3 is 2.77 bits per heavy atom. The highest BCUT2D eigenvalue weighted by Gasteiger charge is 2.12. The van der Waals surface area contributed by atoms with Crippen molar-refractivity contribution in [3.8, 4) is 12.3 Å². The van der Waals surface area contributed by atoms with Crippen molar-refractivity contribution in [1.82, 2.24) is 4.90 Å². The van der Waals surface area contributed by atoms with E-state index >= 15 is 0 Å². The van der Waals surface area contributed by atoms with Gasteiger partial charge in [0, 0.05) is 24.3 Å². The van der Waals surface area contributed by atoms with E-state index in [9.17, 15) is 4.79 Å². The monoisotopic (exact) mass is 412 g/mol. The van der Waals surface area contributed by atoms with E-state index < -0.39 is 0 Å². The number of anilines is 1. The normalized spacial score (nSPS) is 14.7. The molecule has 0 aromatic heterocycles. The second-order valence-corrected chi connectivity index (χ2v) is 5.00. The summed E-state index contributed by atoms with van der Waals surface area (Å²) in [7, 11) is 0. The molecule has 0 radical (unpaired) electrons. The van der Waals surface area contributed by atoms with Gasteiger partial charge in [-0.3, -0.25) is 4.79 Å². The highest BCUT2D eigenvalue weighted by atomic mass is 127. The van der Waals surface area contributed by atoms with Crippen LogP contribution in [0.3, 0.4) is 0 Å². The number of halogens is 1. The lowest BCUT2D eigenvalue weighted by molar-refractivity contribution is -0.114. The third-order valence-corrected chi connectivity index (χ3v) is 3.38. The predicted octanol–water partition coefficient (Wildman–Crippen LogP) is 2.02. The van der Waals surface area contributed by atoms with Crippen molar-refractivity contribution in [2.45, 2.75) is 19.3 Å². The number of benzene rings is 1. The Morgan fingerprint density at radius 2 is 2.09 bits per heavy atom. The van der Waals surface area contributed by atoms with Gasteiger partial charge in [-0.05, 0) is 37.5 Å². The molecule has 0 bridgehead atoms. The maximum atomic E-state index is 11.9. The maximum Gasteiger partial charge on any atom is 0.246 e. The molecule has 2 rings (SSSR count). The fraction of sp³-hybridized carbons (Fsp3) is 0.375. The molecule has 0 aliphatic carbocycles. The number of nitrogens with two attached hydrogens (primary N) is 1. The van der Waals surface area contributed by atoms with Gasteiger partial charge in [0.05, 0.1) is 0 Å². The number of nitrogens with zero attached hydrogens (tertiary/aromatic N) is 2. The van der Waals surface area contributed by atoms with Gasteiger partial charge in [-0.15, -0.1) is 30.4 Å². The SMILES string of the molecule is C#Cc1cccc(NC(=O)CN=C(N)N2CCCCC2)c1.I. The molecule has 118 valence electrons. The van der Waals surface area contributed by atoms with E-state index in [1.54, 1.807) is 18.2 Å². The molecular formula is C16H21IN4O. The van der Waals surface area contributed by atoms with Crippen LogP contribution in [0, 0.1) is 12.3 Å². The lowest BCUT2D eigenvalue weighted by Gasteiger charge is -2.27. The third kappa shape index (κ3) is 5.56. The summed E-state index contributed by atoms with van der Waals surface area (Å²) >= 11 is 0. The maximum absolute atomic E-state index is 11.9. The van der Waals surface area contributed by atoms with E-state index in [0.29, 0.717) is 11.6 Å². The summed E-state index contributed by atoms with van der Waals surface area (Å²) in [6, 6.07) is 7.14. The highest BCUT2D eigenvalue weighted by Crippen LogP contribution is 2.10. The minimum absolute atomic E-state index is 0. The van der Waals surface area contributed by atoms with Crippen LogP contribution in [-0.2, 0) is 4.79 Å². The van der Waals surface area contributed by atoms with E-state index in [2.05, 4.69) is 16.2 Å².